The molecule has 0 aliphatic heterocycles. The maximum Gasteiger partial charge on any atom is 2.00 e. The normalized spacial score (nSPS) is 10.6. The third-order valence-electron chi connectivity index (χ3n) is 1.58. The third-order valence-corrected chi connectivity index (χ3v) is 1.80. The van der Waals surface area contributed by atoms with E-state index in [9.17, 15) is 9.18 Å². The maximum absolute atomic E-state index is 12.9. The van der Waals surface area contributed by atoms with Crippen LogP contribution in [-0.2, 0) is 9.53 Å². The van der Waals surface area contributed by atoms with Crippen molar-refractivity contribution >= 4 is 69.3 Å². The molecule has 0 radical (unpaired) electrons. The van der Waals surface area contributed by atoms with Gasteiger partial charge in [0.15, 0.2) is 0 Å². The van der Waals surface area contributed by atoms with Gasteiger partial charge in [-0.1, -0.05) is 17.7 Å². The summed E-state index contributed by atoms with van der Waals surface area (Å²) in [4.78, 5) is 14.5. The van der Waals surface area contributed by atoms with E-state index >= 15 is 0 Å². The summed E-state index contributed by atoms with van der Waals surface area (Å²) in [5.41, 5.74) is 0.372. The van der Waals surface area contributed by atoms with Gasteiger partial charge in [-0.15, -0.1) is 11.6 Å². The average Bonchev–Trinajstić information content (AvgIpc) is 2.23. The van der Waals surface area contributed by atoms with Crippen LogP contribution in [-0.4, -0.2) is 64.3 Å². The number of halogens is 2. The summed E-state index contributed by atoms with van der Waals surface area (Å²) in [5, 5.41) is 0.251. The van der Waals surface area contributed by atoms with Crippen LogP contribution in [0.5, 0.6) is 0 Å². The second kappa shape index (κ2) is 9.69. The molecule has 0 unspecified atom stereocenters. The van der Waals surface area contributed by atoms with E-state index in [0.717, 1.165) is 6.20 Å². The topological polar surface area (TPSA) is 38.7 Å². The van der Waals surface area contributed by atoms with Crippen LogP contribution in [0, 0.1) is 11.9 Å². The molecule has 0 N–H and O–H groups in total. The quantitative estimate of drug-likeness (QED) is 0.277. The Hall–Kier alpha value is -0.199. The first-order chi connectivity index (χ1) is 8.11. The molecule has 1 rings (SSSR count). The van der Waals surface area contributed by atoms with Crippen molar-refractivity contribution in [2.24, 2.45) is 4.99 Å². The predicted molar refractivity (Wildman–Crippen MR) is 68.1 cm³/mol. The summed E-state index contributed by atoms with van der Waals surface area (Å²) in [6.07, 6.45) is 5.83. The zero-order valence-corrected chi connectivity index (χ0v) is 14.0. The Balaban J connectivity index is 0.00000289. The molecule has 0 spiro atoms. The number of benzene rings is 1. The summed E-state index contributed by atoms with van der Waals surface area (Å²) in [6, 6.07) is 3.88. The first-order valence-electron chi connectivity index (χ1n) is 4.78. The molecule has 90 valence electrons. The van der Waals surface area contributed by atoms with Gasteiger partial charge in [-0.2, -0.15) is 0 Å². The molecule has 1 aromatic rings. The summed E-state index contributed by atoms with van der Waals surface area (Å²) >= 11 is 5.63. The molecule has 0 amide bonds. The molecule has 0 aliphatic carbocycles. The Kier molecular flexibility index (Phi) is 9.59. The molecule has 0 fully saturated rings. The molecule has 0 heterocycles. The van der Waals surface area contributed by atoms with Crippen molar-refractivity contribution in [1.82, 2.24) is 0 Å². The van der Waals surface area contributed by atoms with Crippen LogP contribution in [0.25, 0.3) is 0 Å². The number of aliphatic imine (C=N–C) groups is 1. The number of carbonyl (C=O) groups excluding carboxylic acids is 1. The summed E-state index contributed by atoms with van der Waals surface area (Å²) < 4.78 is 17.5. The van der Waals surface area contributed by atoms with E-state index in [1.165, 1.54) is 18.2 Å². The Morgan fingerprint density at radius 1 is 1.56 bits per heavy atom. The fraction of sp³-hybridized carbons (Fsp3) is 0.167. The largest absolute Gasteiger partial charge is 2.00 e. The van der Waals surface area contributed by atoms with Crippen molar-refractivity contribution < 1.29 is 13.9 Å². The van der Waals surface area contributed by atoms with Gasteiger partial charge >= 0.3 is 45.5 Å². The van der Waals surface area contributed by atoms with Gasteiger partial charge in [0.25, 0.3) is 0 Å². The first kappa shape index (κ1) is 17.8. The van der Waals surface area contributed by atoms with E-state index in [1.54, 1.807) is 6.92 Å². The molecular formula is C12H9ClFNO2Sr. The second-order valence-electron chi connectivity index (χ2n) is 2.89. The minimum absolute atomic E-state index is 0. The number of rotatable bonds is 4. The van der Waals surface area contributed by atoms with Crippen LogP contribution < -0.4 is 0 Å². The van der Waals surface area contributed by atoms with Crippen LogP contribution in [0.1, 0.15) is 12.5 Å². The van der Waals surface area contributed by atoms with Crippen molar-refractivity contribution in [3.63, 3.8) is 0 Å². The van der Waals surface area contributed by atoms with Crippen molar-refractivity contribution in [3.8, 4) is 0 Å². The average molecular weight is 341 g/mol. The van der Waals surface area contributed by atoms with E-state index in [0.29, 0.717) is 5.56 Å². The molecule has 0 aromatic heterocycles. The van der Waals surface area contributed by atoms with Gasteiger partial charge in [-0.25, -0.2) is 10.6 Å². The van der Waals surface area contributed by atoms with Crippen LogP contribution in [0.2, 0.25) is 5.02 Å². The zero-order valence-electron chi connectivity index (χ0n) is 9.74. The fourth-order valence-corrected chi connectivity index (χ4v) is 1.20. The number of ether oxygens (including phenoxy) is 1. The number of carbonyl (C=O) groups is 1. The number of esters is 1. The van der Waals surface area contributed by atoms with Crippen LogP contribution in [0.15, 0.2) is 29.4 Å². The Bertz CT molecular complexity index is 443. The molecule has 0 bridgehead atoms. The first-order valence-corrected chi connectivity index (χ1v) is 5.16. The van der Waals surface area contributed by atoms with Gasteiger partial charge in [0.2, 0.25) is 0 Å². The van der Waals surface area contributed by atoms with E-state index in [2.05, 4.69) is 22.0 Å². The summed E-state index contributed by atoms with van der Waals surface area (Å²) in [6.45, 7) is 1.95. The molecule has 0 saturated carbocycles. The van der Waals surface area contributed by atoms with Gasteiger partial charge in [0.1, 0.15) is 5.97 Å². The Labute approximate surface area is 147 Å². The van der Waals surface area contributed by atoms with Gasteiger partial charge < -0.3 is 15.8 Å². The second-order valence-corrected chi connectivity index (χ2v) is 3.33. The monoisotopic (exact) mass is 341 g/mol. The van der Waals surface area contributed by atoms with Crippen molar-refractivity contribution in [2.75, 3.05) is 6.61 Å². The number of hydrogen-bond acceptors (Lipinski definition) is 3. The van der Waals surface area contributed by atoms with E-state index in [4.69, 9.17) is 11.6 Å². The Morgan fingerprint density at radius 2 is 2.28 bits per heavy atom. The molecule has 0 saturated heterocycles. The molecular weight excluding hydrogens is 332 g/mol. The van der Waals surface area contributed by atoms with E-state index < -0.39 is 11.8 Å². The molecule has 18 heavy (non-hydrogen) atoms. The number of hydrogen-bond donors (Lipinski definition) is 0. The van der Waals surface area contributed by atoms with Crippen LogP contribution in [0.4, 0.5) is 4.39 Å². The minimum Gasteiger partial charge on any atom is -0.491 e. The fourth-order valence-electron chi connectivity index (χ4n) is 0.983. The molecule has 3 nitrogen and oxygen atoms in total. The van der Waals surface area contributed by atoms with Gasteiger partial charge in [0.05, 0.1) is 12.4 Å². The molecule has 6 heteroatoms. The molecule has 0 aliphatic rings. The van der Waals surface area contributed by atoms with Crippen LogP contribution in [0.3, 0.4) is 0 Å². The number of nitrogens with zero attached hydrogens (tertiary/aromatic N) is 1. The van der Waals surface area contributed by atoms with E-state index in [1.807, 2.05) is 0 Å². The third kappa shape index (κ3) is 7.28. The molecule has 1 aromatic carbocycles. The maximum atomic E-state index is 12.9. The smallest absolute Gasteiger partial charge is 0.491 e. The predicted octanol–water partition coefficient (Wildman–Crippen LogP) is 2.27. The van der Waals surface area contributed by atoms with Crippen LogP contribution >= 0.6 is 11.6 Å². The van der Waals surface area contributed by atoms with Gasteiger partial charge in [-0.05, 0) is 19.2 Å². The SMILES string of the molecule is CCOC(=O)[C-]=CN=[C-]c1cc(F)cc(Cl)c1.[Sr+2]. The molecule has 0 atom stereocenters. The van der Waals surface area contributed by atoms with Crippen molar-refractivity contribution in [2.45, 2.75) is 6.92 Å². The van der Waals surface area contributed by atoms with Gasteiger partial charge in [-0.3, -0.25) is 4.79 Å². The van der Waals surface area contributed by atoms with Gasteiger partial charge in [0, 0.05) is 5.02 Å². The summed E-state index contributed by atoms with van der Waals surface area (Å²) in [5.74, 6) is -1.09. The van der Waals surface area contributed by atoms with E-state index in [-0.39, 0.29) is 57.1 Å². The standard InChI is InChI=1S/C12H9ClFNO2.Sr/c1-2-17-12(16)3-4-15-8-9-5-10(13)7-11(14)6-9;/h4-7H,2H2,1H3;/q-2;+2. The van der Waals surface area contributed by atoms with Crippen molar-refractivity contribution in [1.29, 1.82) is 0 Å². The van der Waals surface area contributed by atoms with Crippen molar-refractivity contribution in [3.05, 3.63) is 46.9 Å². The minimum atomic E-state index is -0.615. The zero-order chi connectivity index (χ0) is 12.7. The summed E-state index contributed by atoms with van der Waals surface area (Å²) in [7, 11) is 0. The Morgan fingerprint density at radius 3 is 2.89 bits per heavy atom.